The summed E-state index contributed by atoms with van der Waals surface area (Å²) in [4.78, 5) is 20.7. The van der Waals surface area contributed by atoms with E-state index in [2.05, 4.69) is 84.3 Å². The fraction of sp³-hybridized carbons (Fsp3) is 0.697. The Morgan fingerprint density at radius 1 is 0.897 bits per heavy atom. The minimum Gasteiger partial charge on any atom is -0.354 e. The standard InChI is InChI=1S/C33H55N5O/c1-6-9-10-11-12-13-14-15-19-22-32(39)37(28(4)7-2)27-31-29(5)34-38(30-20-17-16-18-21-30)33(31)36-25-23-35(8-3)24-26-36/h16-18,20-21,28H,6-15,19,22-27H2,1-5H3/t28-/m0/s1. The first kappa shape index (κ1) is 31.2. The maximum absolute atomic E-state index is 13.6. The molecule has 1 saturated heterocycles. The van der Waals surface area contributed by atoms with Gasteiger partial charge in [0.15, 0.2) is 0 Å². The van der Waals surface area contributed by atoms with E-state index < -0.39 is 0 Å². The van der Waals surface area contributed by atoms with Gasteiger partial charge in [0.1, 0.15) is 5.82 Å². The minimum atomic E-state index is 0.209. The molecule has 2 aromatic rings. The molecule has 0 unspecified atom stereocenters. The molecule has 0 bridgehead atoms. The number of carbonyl (C=O) groups excluding carboxylic acids is 1. The number of carbonyl (C=O) groups is 1. The van der Waals surface area contributed by atoms with Crippen LogP contribution in [-0.4, -0.2) is 64.3 Å². The first-order valence-corrected chi connectivity index (χ1v) is 15.9. The van der Waals surface area contributed by atoms with Crippen molar-refractivity contribution in [2.75, 3.05) is 37.6 Å². The smallest absolute Gasteiger partial charge is 0.223 e. The van der Waals surface area contributed by atoms with Crippen molar-refractivity contribution in [3.63, 3.8) is 0 Å². The Hall–Kier alpha value is -2.34. The molecule has 2 heterocycles. The quantitative estimate of drug-likeness (QED) is 0.198. The third-order valence-electron chi connectivity index (χ3n) is 8.54. The number of hydrogen-bond acceptors (Lipinski definition) is 4. The monoisotopic (exact) mass is 537 g/mol. The van der Waals surface area contributed by atoms with Gasteiger partial charge in [-0.3, -0.25) is 4.79 Å². The van der Waals surface area contributed by atoms with Crippen LogP contribution in [0.1, 0.15) is 110 Å². The van der Waals surface area contributed by atoms with E-state index in [1.165, 1.54) is 56.3 Å². The van der Waals surface area contributed by atoms with Crippen molar-refractivity contribution >= 4 is 11.7 Å². The summed E-state index contributed by atoms with van der Waals surface area (Å²) in [6.45, 7) is 16.8. The SMILES string of the molecule is CCCCCCCCCCCC(=O)N(Cc1c(C)nn(-c2ccccc2)c1N1CCN(CC)CC1)[C@@H](C)CC. The first-order valence-electron chi connectivity index (χ1n) is 15.9. The summed E-state index contributed by atoms with van der Waals surface area (Å²) in [6.07, 6.45) is 13.1. The molecule has 6 nitrogen and oxygen atoms in total. The maximum Gasteiger partial charge on any atom is 0.223 e. The van der Waals surface area contributed by atoms with Crippen molar-refractivity contribution in [2.24, 2.45) is 0 Å². The summed E-state index contributed by atoms with van der Waals surface area (Å²) in [6, 6.07) is 10.7. The molecule has 1 fully saturated rings. The predicted molar refractivity (Wildman–Crippen MR) is 165 cm³/mol. The highest BCUT2D eigenvalue weighted by molar-refractivity contribution is 5.77. The Balaban J connectivity index is 1.72. The second kappa shape index (κ2) is 16.7. The fourth-order valence-corrected chi connectivity index (χ4v) is 5.69. The van der Waals surface area contributed by atoms with Crippen molar-refractivity contribution in [3.05, 3.63) is 41.6 Å². The molecule has 39 heavy (non-hydrogen) atoms. The Labute approximate surface area is 238 Å². The lowest BCUT2D eigenvalue weighted by Crippen LogP contribution is -2.47. The highest BCUT2D eigenvalue weighted by Gasteiger charge is 2.28. The molecule has 1 atom stereocenters. The summed E-state index contributed by atoms with van der Waals surface area (Å²) < 4.78 is 2.12. The topological polar surface area (TPSA) is 44.6 Å². The highest BCUT2D eigenvalue weighted by Crippen LogP contribution is 2.30. The van der Waals surface area contributed by atoms with Gasteiger partial charge in [0.2, 0.25) is 5.91 Å². The largest absolute Gasteiger partial charge is 0.354 e. The van der Waals surface area contributed by atoms with Gasteiger partial charge in [0, 0.05) is 44.2 Å². The van der Waals surface area contributed by atoms with E-state index in [0.29, 0.717) is 18.9 Å². The number of benzene rings is 1. The number of anilines is 1. The third-order valence-corrected chi connectivity index (χ3v) is 8.54. The van der Waals surface area contributed by atoms with Gasteiger partial charge in [-0.2, -0.15) is 5.10 Å². The maximum atomic E-state index is 13.6. The number of piperazine rings is 1. The number of unbranched alkanes of at least 4 members (excludes halogenated alkanes) is 8. The van der Waals surface area contributed by atoms with Gasteiger partial charge in [0.25, 0.3) is 0 Å². The number of nitrogens with zero attached hydrogens (tertiary/aromatic N) is 5. The van der Waals surface area contributed by atoms with Gasteiger partial charge in [-0.15, -0.1) is 0 Å². The molecular weight excluding hydrogens is 482 g/mol. The van der Waals surface area contributed by atoms with Crippen LogP contribution in [0.4, 0.5) is 5.82 Å². The average molecular weight is 538 g/mol. The minimum absolute atomic E-state index is 0.209. The number of aromatic nitrogens is 2. The van der Waals surface area contributed by atoms with E-state index in [1.54, 1.807) is 0 Å². The lowest BCUT2D eigenvalue weighted by atomic mass is 10.1. The van der Waals surface area contributed by atoms with Gasteiger partial charge in [-0.05, 0) is 45.4 Å². The zero-order valence-corrected chi connectivity index (χ0v) is 25.6. The molecule has 0 radical (unpaired) electrons. The van der Waals surface area contributed by atoms with Crippen molar-refractivity contribution in [1.82, 2.24) is 19.6 Å². The fourth-order valence-electron chi connectivity index (χ4n) is 5.69. The van der Waals surface area contributed by atoms with Gasteiger partial charge < -0.3 is 14.7 Å². The molecular formula is C33H55N5O. The van der Waals surface area contributed by atoms with Crippen molar-refractivity contribution in [3.8, 4) is 5.69 Å². The van der Waals surface area contributed by atoms with Crippen molar-refractivity contribution < 1.29 is 4.79 Å². The highest BCUT2D eigenvalue weighted by atomic mass is 16.2. The van der Waals surface area contributed by atoms with E-state index in [0.717, 1.165) is 63.4 Å². The lowest BCUT2D eigenvalue weighted by molar-refractivity contribution is -0.134. The summed E-state index contributed by atoms with van der Waals surface area (Å²) in [5.41, 5.74) is 3.30. The van der Waals surface area contributed by atoms with Crippen LogP contribution in [-0.2, 0) is 11.3 Å². The lowest BCUT2D eigenvalue weighted by Gasteiger charge is -2.37. The Kier molecular flexibility index (Phi) is 13.3. The molecule has 6 heteroatoms. The number of para-hydroxylation sites is 1. The first-order chi connectivity index (χ1) is 19.0. The molecule has 1 aromatic carbocycles. The predicted octanol–water partition coefficient (Wildman–Crippen LogP) is 7.37. The molecule has 0 spiro atoms. The summed E-state index contributed by atoms with van der Waals surface area (Å²) >= 11 is 0. The van der Waals surface area contributed by atoms with E-state index in [4.69, 9.17) is 5.10 Å². The van der Waals surface area contributed by atoms with Crippen LogP contribution in [0.25, 0.3) is 5.69 Å². The molecule has 0 aliphatic carbocycles. The van der Waals surface area contributed by atoms with Crippen LogP contribution in [0.5, 0.6) is 0 Å². The third kappa shape index (κ3) is 9.09. The van der Waals surface area contributed by atoms with Gasteiger partial charge in [-0.1, -0.05) is 90.3 Å². The van der Waals surface area contributed by atoms with E-state index >= 15 is 0 Å². The average Bonchev–Trinajstić information content (AvgIpc) is 3.30. The normalized spacial score (nSPS) is 15.1. The molecule has 1 aliphatic rings. The molecule has 0 N–H and O–H groups in total. The molecule has 1 aromatic heterocycles. The number of rotatable bonds is 17. The zero-order valence-electron chi connectivity index (χ0n) is 25.6. The second-order valence-corrected chi connectivity index (χ2v) is 11.4. The van der Waals surface area contributed by atoms with Gasteiger partial charge >= 0.3 is 0 Å². The van der Waals surface area contributed by atoms with Crippen molar-refractivity contribution in [1.29, 1.82) is 0 Å². The van der Waals surface area contributed by atoms with E-state index in [-0.39, 0.29) is 6.04 Å². The molecule has 3 rings (SSSR count). The van der Waals surface area contributed by atoms with Gasteiger partial charge in [-0.25, -0.2) is 4.68 Å². The zero-order chi connectivity index (χ0) is 28.0. The van der Waals surface area contributed by atoms with E-state index in [1.807, 2.05) is 0 Å². The van der Waals surface area contributed by atoms with Crippen LogP contribution >= 0.6 is 0 Å². The summed E-state index contributed by atoms with van der Waals surface area (Å²) in [7, 11) is 0. The Morgan fingerprint density at radius 3 is 2.10 bits per heavy atom. The number of likely N-dealkylation sites (N-methyl/N-ethyl adjacent to an activating group) is 1. The Morgan fingerprint density at radius 2 is 1.51 bits per heavy atom. The molecule has 218 valence electrons. The van der Waals surface area contributed by atoms with Crippen LogP contribution in [0, 0.1) is 6.92 Å². The summed E-state index contributed by atoms with van der Waals surface area (Å²) in [5, 5.41) is 5.04. The van der Waals surface area contributed by atoms with Crippen LogP contribution in [0.15, 0.2) is 30.3 Å². The Bertz CT molecular complexity index is 964. The molecule has 1 aliphatic heterocycles. The number of amides is 1. The molecule has 1 amide bonds. The summed E-state index contributed by atoms with van der Waals surface area (Å²) in [5.74, 6) is 1.46. The van der Waals surface area contributed by atoms with Crippen LogP contribution < -0.4 is 4.90 Å². The van der Waals surface area contributed by atoms with Crippen LogP contribution in [0.2, 0.25) is 0 Å². The molecule has 0 saturated carbocycles. The van der Waals surface area contributed by atoms with Crippen molar-refractivity contribution in [2.45, 2.75) is 118 Å². The van der Waals surface area contributed by atoms with Gasteiger partial charge in [0.05, 0.1) is 17.9 Å². The van der Waals surface area contributed by atoms with Crippen LogP contribution in [0.3, 0.4) is 0 Å². The second-order valence-electron chi connectivity index (χ2n) is 11.4. The number of hydrogen-bond donors (Lipinski definition) is 0. The number of aryl methyl sites for hydroxylation is 1. The van der Waals surface area contributed by atoms with E-state index in [9.17, 15) is 4.79 Å².